The zero-order valence-corrected chi connectivity index (χ0v) is 16.1. The van der Waals surface area contributed by atoms with Gasteiger partial charge in [0.25, 0.3) is 0 Å². The second-order valence-electron chi connectivity index (χ2n) is 7.10. The maximum Gasteiger partial charge on any atom is 0.222 e. The van der Waals surface area contributed by atoms with Gasteiger partial charge in [0.2, 0.25) is 5.91 Å². The van der Waals surface area contributed by atoms with Crippen molar-refractivity contribution >= 4 is 11.6 Å². The van der Waals surface area contributed by atoms with Gasteiger partial charge in [0.1, 0.15) is 5.75 Å². The minimum Gasteiger partial charge on any atom is -0.497 e. The van der Waals surface area contributed by atoms with E-state index in [2.05, 4.69) is 11.0 Å². The summed E-state index contributed by atoms with van der Waals surface area (Å²) in [5.74, 6) is 1.09. The fraction of sp³-hybridized carbons (Fsp3) is 0.409. The number of ether oxygens (including phenoxy) is 1. The molecule has 0 bridgehead atoms. The minimum absolute atomic E-state index is 0.247. The van der Waals surface area contributed by atoms with Gasteiger partial charge in [-0.2, -0.15) is 0 Å². The number of carbonyl (C=O) groups excluding carboxylic acids is 1. The van der Waals surface area contributed by atoms with Gasteiger partial charge in [0.05, 0.1) is 7.11 Å². The summed E-state index contributed by atoms with van der Waals surface area (Å²) in [5.41, 5.74) is 9.08. The van der Waals surface area contributed by atoms with Gasteiger partial charge >= 0.3 is 0 Å². The molecule has 1 aliphatic heterocycles. The van der Waals surface area contributed by atoms with Crippen LogP contribution in [0.5, 0.6) is 5.75 Å². The van der Waals surface area contributed by atoms with Gasteiger partial charge in [0.15, 0.2) is 0 Å². The topological polar surface area (TPSA) is 58.8 Å². The van der Waals surface area contributed by atoms with Crippen molar-refractivity contribution in [3.05, 3.63) is 59.7 Å². The van der Waals surface area contributed by atoms with Crippen molar-refractivity contribution in [2.24, 2.45) is 0 Å². The number of hydrogen-bond acceptors (Lipinski definition) is 4. The van der Waals surface area contributed by atoms with Crippen molar-refractivity contribution < 1.29 is 9.53 Å². The normalized spacial score (nSPS) is 15.4. The lowest BCUT2D eigenvalue weighted by atomic mass is 10.1. The second-order valence-corrected chi connectivity index (χ2v) is 7.10. The fourth-order valence-electron chi connectivity index (χ4n) is 3.53. The zero-order chi connectivity index (χ0) is 19.1. The summed E-state index contributed by atoms with van der Waals surface area (Å²) in [6.45, 7) is 4.44. The third kappa shape index (κ3) is 5.73. The van der Waals surface area contributed by atoms with Crippen LogP contribution in [0, 0.1) is 0 Å². The first-order valence-electron chi connectivity index (χ1n) is 9.61. The molecule has 1 heterocycles. The van der Waals surface area contributed by atoms with E-state index in [0.717, 1.165) is 57.0 Å². The number of rotatable bonds is 6. The average Bonchev–Trinajstić information content (AvgIpc) is 2.92. The SMILES string of the molecule is COc1ccc(CCC(=O)N2CCCN(Cc3cccc(N)c3)CC2)cc1. The fourth-order valence-corrected chi connectivity index (χ4v) is 3.53. The third-order valence-electron chi connectivity index (χ3n) is 5.09. The Hall–Kier alpha value is -2.53. The Morgan fingerprint density at radius 3 is 2.59 bits per heavy atom. The molecular weight excluding hydrogens is 338 g/mol. The van der Waals surface area contributed by atoms with Crippen LogP contribution in [-0.2, 0) is 17.8 Å². The zero-order valence-electron chi connectivity index (χ0n) is 16.1. The second kappa shape index (κ2) is 9.42. The van der Waals surface area contributed by atoms with Crippen molar-refractivity contribution in [2.45, 2.75) is 25.8 Å². The molecule has 0 spiro atoms. The minimum atomic E-state index is 0.247. The van der Waals surface area contributed by atoms with Crippen molar-refractivity contribution in [1.82, 2.24) is 9.80 Å². The summed E-state index contributed by atoms with van der Waals surface area (Å²) >= 11 is 0. The Bertz CT molecular complexity index is 745. The van der Waals surface area contributed by atoms with Gasteiger partial charge in [-0.15, -0.1) is 0 Å². The van der Waals surface area contributed by atoms with Crippen LogP contribution in [0.15, 0.2) is 48.5 Å². The van der Waals surface area contributed by atoms with E-state index in [1.807, 2.05) is 47.4 Å². The van der Waals surface area contributed by atoms with Crippen LogP contribution < -0.4 is 10.5 Å². The highest BCUT2D eigenvalue weighted by molar-refractivity contribution is 5.76. The molecule has 5 heteroatoms. The molecule has 2 aromatic carbocycles. The van der Waals surface area contributed by atoms with Crippen LogP contribution in [-0.4, -0.2) is 49.0 Å². The van der Waals surface area contributed by atoms with Crippen molar-refractivity contribution in [3.63, 3.8) is 0 Å². The van der Waals surface area contributed by atoms with E-state index >= 15 is 0 Å². The molecule has 27 heavy (non-hydrogen) atoms. The Morgan fingerprint density at radius 2 is 1.85 bits per heavy atom. The van der Waals surface area contributed by atoms with Crippen LogP contribution in [0.2, 0.25) is 0 Å². The summed E-state index contributed by atoms with van der Waals surface area (Å²) in [4.78, 5) is 17.0. The number of anilines is 1. The van der Waals surface area contributed by atoms with Gasteiger partial charge in [-0.05, 0) is 48.2 Å². The molecular formula is C22H29N3O2. The first kappa shape index (κ1) is 19.2. The maximum absolute atomic E-state index is 12.6. The molecule has 2 aromatic rings. The highest BCUT2D eigenvalue weighted by Crippen LogP contribution is 2.15. The number of hydrogen-bond donors (Lipinski definition) is 1. The number of nitrogen functional groups attached to an aromatic ring is 1. The Balaban J connectivity index is 1.47. The summed E-state index contributed by atoms with van der Waals surface area (Å²) in [6, 6.07) is 16.0. The lowest BCUT2D eigenvalue weighted by Gasteiger charge is -2.22. The molecule has 5 nitrogen and oxygen atoms in total. The standard InChI is InChI=1S/C22H29N3O2/c1-27-21-9-6-18(7-10-21)8-11-22(26)25-13-3-12-24(14-15-25)17-19-4-2-5-20(23)16-19/h2,4-7,9-10,16H,3,8,11-15,17,23H2,1H3. The predicted molar refractivity (Wildman–Crippen MR) is 109 cm³/mol. The van der Waals surface area contributed by atoms with E-state index in [4.69, 9.17) is 10.5 Å². The molecule has 1 amide bonds. The smallest absolute Gasteiger partial charge is 0.222 e. The Morgan fingerprint density at radius 1 is 1.04 bits per heavy atom. The van der Waals surface area contributed by atoms with Crippen LogP contribution in [0.25, 0.3) is 0 Å². The first-order valence-corrected chi connectivity index (χ1v) is 9.61. The van der Waals surface area contributed by atoms with E-state index in [1.54, 1.807) is 7.11 Å². The molecule has 0 saturated carbocycles. The molecule has 0 radical (unpaired) electrons. The van der Waals surface area contributed by atoms with Gasteiger partial charge in [0, 0.05) is 44.8 Å². The van der Waals surface area contributed by atoms with Crippen molar-refractivity contribution in [2.75, 3.05) is 39.0 Å². The van der Waals surface area contributed by atoms with Crippen LogP contribution >= 0.6 is 0 Å². The first-order chi connectivity index (χ1) is 13.1. The number of nitrogens with zero attached hydrogens (tertiary/aromatic N) is 2. The maximum atomic E-state index is 12.6. The Kier molecular flexibility index (Phi) is 6.71. The van der Waals surface area contributed by atoms with Crippen molar-refractivity contribution in [1.29, 1.82) is 0 Å². The monoisotopic (exact) mass is 367 g/mol. The lowest BCUT2D eigenvalue weighted by molar-refractivity contribution is -0.131. The van der Waals surface area contributed by atoms with Crippen LogP contribution in [0.3, 0.4) is 0 Å². The number of nitrogens with two attached hydrogens (primary N) is 1. The summed E-state index contributed by atoms with van der Waals surface area (Å²) in [7, 11) is 1.66. The van der Waals surface area contributed by atoms with E-state index in [-0.39, 0.29) is 5.91 Å². The molecule has 2 N–H and O–H groups in total. The van der Waals surface area contributed by atoms with Crippen LogP contribution in [0.4, 0.5) is 5.69 Å². The summed E-state index contributed by atoms with van der Waals surface area (Å²) in [5, 5.41) is 0. The third-order valence-corrected chi connectivity index (χ3v) is 5.09. The number of amides is 1. The van der Waals surface area contributed by atoms with Gasteiger partial charge in [-0.25, -0.2) is 0 Å². The summed E-state index contributed by atoms with van der Waals surface area (Å²) < 4.78 is 5.18. The molecule has 1 saturated heterocycles. The van der Waals surface area contributed by atoms with Gasteiger partial charge < -0.3 is 15.4 Å². The highest BCUT2D eigenvalue weighted by Gasteiger charge is 2.19. The molecule has 1 aliphatic rings. The van der Waals surface area contributed by atoms with Gasteiger partial charge in [-0.3, -0.25) is 9.69 Å². The summed E-state index contributed by atoms with van der Waals surface area (Å²) in [6.07, 6.45) is 2.34. The van der Waals surface area contributed by atoms with Crippen molar-refractivity contribution in [3.8, 4) is 5.75 Å². The number of benzene rings is 2. The van der Waals surface area contributed by atoms with E-state index in [0.29, 0.717) is 6.42 Å². The average molecular weight is 367 g/mol. The molecule has 144 valence electrons. The molecule has 3 rings (SSSR count). The predicted octanol–water partition coefficient (Wildman–Crippen LogP) is 2.94. The quantitative estimate of drug-likeness (QED) is 0.798. The molecule has 0 aliphatic carbocycles. The van der Waals surface area contributed by atoms with Gasteiger partial charge in [-0.1, -0.05) is 24.3 Å². The Labute approximate surface area is 161 Å². The lowest BCUT2D eigenvalue weighted by Crippen LogP contribution is -2.35. The van der Waals surface area contributed by atoms with E-state index in [9.17, 15) is 4.79 Å². The molecule has 0 atom stereocenters. The van der Waals surface area contributed by atoms with E-state index in [1.165, 1.54) is 11.1 Å². The number of aryl methyl sites for hydroxylation is 1. The number of carbonyl (C=O) groups is 1. The van der Waals surface area contributed by atoms with Crippen LogP contribution in [0.1, 0.15) is 24.0 Å². The molecule has 0 unspecified atom stereocenters. The highest BCUT2D eigenvalue weighted by atomic mass is 16.5. The molecule has 0 aromatic heterocycles. The number of methoxy groups -OCH3 is 1. The van der Waals surface area contributed by atoms with E-state index < -0.39 is 0 Å². The molecule has 1 fully saturated rings. The largest absolute Gasteiger partial charge is 0.497 e.